The zero-order chi connectivity index (χ0) is 27.1. The molecular weight excluding hydrogens is 602 g/mol. The number of imide groups is 1. The maximum atomic E-state index is 13.9. The summed E-state index contributed by atoms with van der Waals surface area (Å²) in [5, 5.41) is 10.7. The molecule has 3 heterocycles. The summed E-state index contributed by atoms with van der Waals surface area (Å²) in [6.07, 6.45) is 0. The van der Waals surface area contributed by atoms with Crippen molar-refractivity contribution in [1.29, 1.82) is 0 Å². The Morgan fingerprint density at radius 3 is 2.58 bits per heavy atom. The van der Waals surface area contributed by atoms with Gasteiger partial charge in [0.25, 0.3) is 5.69 Å². The number of nitrogens with zero attached hydrogens (tertiary/aromatic N) is 2. The number of halogens is 1. The molecule has 2 unspecified atom stereocenters. The highest BCUT2D eigenvalue weighted by atomic mass is 79.9. The van der Waals surface area contributed by atoms with Crippen molar-refractivity contribution >= 4 is 68.2 Å². The van der Waals surface area contributed by atoms with Crippen molar-refractivity contribution in [2.45, 2.75) is 23.1 Å². The van der Waals surface area contributed by atoms with Crippen molar-refractivity contribution in [2.24, 2.45) is 5.92 Å². The fraction of sp³-hybridized carbons (Fsp3) is 0.250. The van der Waals surface area contributed by atoms with Gasteiger partial charge in [-0.3, -0.25) is 24.5 Å². The molecule has 3 aromatic rings. The van der Waals surface area contributed by atoms with Crippen LogP contribution in [0.25, 0.3) is 0 Å². The largest absolute Gasteiger partial charge is 0.482 e. The van der Waals surface area contributed by atoms with E-state index in [4.69, 9.17) is 9.47 Å². The summed E-state index contributed by atoms with van der Waals surface area (Å²) in [6, 6.07) is 10.3. The summed E-state index contributed by atoms with van der Waals surface area (Å²) in [7, 11) is 0. The van der Waals surface area contributed by atoms with E-state index in [0.717, 1.165) is 28.0 Å². The normalized spacial score (nSPS) is 20.2. The summed E-state index contributed by atoms with van der Waals surface area (Å²) in [5.41, 5.74) is 0.557. The average Bonchev–Trinajstić information content (AvgIpc) is 3.37. The number of hydrogen-bond acceptors (Lipinski definition) is 10. The quantitative estimate of drug-likeness (QED) is 0.180. The van der Waals surface area contributed by atoms with Crippen LogP contribution < -0.4 is 14.5 Å². The summed E-state index contributed by atoms with van der Waals surface area (Å²) in [4.78, 5) is 66.3. The number of nitro benzene ring substituents is 1. The molecule has 2 aliphatic rings. The molecule has 0 radical (unpaired) electrons. The third kappa shape index (κ3) is 4.63. The monoisotopic (exact) mass is 619 g/mol. The molecule has 1 fully saturated rings. The third-order valence-corrected chi connectivity index (χ3v) is 8.99. The lowest BCUT2D eigenvalue weighted by molar-refractivity contribution is -0.384. The van der Waals surface area contributed by atoms with Gasteiger partial charge < -0.3 is 14.5 Å². The molecule has 2 amide bonds. The van der Waals surface area contributed by atoms with Crippen LogP contribution in [0.5, 0.6) is 5.75 Å². The molecule has 2 aliphatic heterocycles. The Labute approximate surface area is 231 Å². The van der Waals surface area contributed by atoms with E-state index in [2.05, 4.69) is 20.9 Å². The fourth-order valence-electron chi connectivity index (χ4n) is 4.56. The fourth-order valence-corrected chi connectivity index (χ4v) is 7.45. The summed E-state index contributed by atoms with van der Waals surface area (Å²) >= 11 is 5.49. The SMILES string of the molecule is CCOC(=O)COc1ccc(Br)cc1[C@H]1c2sc(=O)[nH]c2SC2C(=O)N(c3ccc([N+](=O)[O-])cc3)C(=O)C21. The minimum atomic E-state index is -0.902. The van der Waals surface area contributed by atoms with Crippen molar-refractivity contribution in [1.82, 2.24) is 4.98 Å². The number of nitro groups is 1. The molecule has 1 N–H and O–H groups in total. The second-order valence-corrected chi connectivity index (χ2v) is 11.4. The minimum Gasteiger partial charge on any atom is -0.482 e. The van der Waals surface area contributed by atoms with Gasteiger partial charge in [-0.2, -0.15) is 0 Å². The Kier molecular flexibility index (Phi) is 7.11. The number of rotatable bonds is 7. The third-order valence-electron chi connectivity index (χ3n) is 6.10. The molecule has 3 atom stereocenters. The number of ether oxygens (including phenoxy) is 2. The van der Waals surface area contributed by atoms with E-state index in [0.29, 0.717) is 25.7 Å². The Balaban J connectivity index is 1.59. The smallest absolute Gasteiger partial charge is 0.344 e. The number of aromatic nitrogens is 1. The number of non-ortho nitro benzene ring substituents is 1. The molecule has 0 saturated carbocycles. The number of hydrogen-bond donors (Lipinski definition) is 1. The van der Waals surface area contributed by atoms with Crippen LogP contribution >= 0.6 is 39.0 Å². The minimum absolute atomic E-state index is 0.171. The number of benzene rings is 2. The second-order valence-electron chi connectivity index (χ2n) is 8.31. The molecule has 5 rings (SSSR count). The Morgan fingerprint density at radius 1 is 1.16 bits per heavy atom. The number of thiazole rings is 1. The number of thioether (sulfide) groups is 1. The van der Waals surface area contributed by atoms with E-state index < -0.39 is 39.8 Å². The number of nitrogens with one attached hydrogen (secondary N) is 1. The van der Waals surface area contributed by atoms with Crippen molar-refractivity contribution in [3.8, 4) is 5.75 Å². The molecule has 1 saturated heterocycles. The topological polar surface area (TPSA) is 149 Å². The number of amides is 2. The predicted molar refractivity (Wildman–Crippen MR) is 142 cm³/mol. The lowest BCUT2D eigenvalue weighted by atomic mass is 9.82. The molecule has 38 heavy (non-hydrogen) atoms. The van der Waals surface area contributed by atoms with Gasteiger partial charge in [-0.15, -0.1) is 0 Å². The average molecular weight is 620 g/mol. The van der Waals surface area contributed by atoms with Crippen LogP contribution in [0.2, 0.25) is 0 Å². The van der Waals surface area contributed by atoms with Crippen molar-refractivity contribution in [3.05, 3.63) is 77.2 Å². The van der Waals surface area contributed by atoms with Crippen LogP contribution in [0.15, 0.2) is 56.8 Å². The zero-order valence-corrected chi connectivity index (χ0v) is 22.8. The van der Waals surface area contributed by atoms with Crippen LogP contribution in [-0.4, -0.2) is 46.2 Å². The first-order valence-electron chi connectivity index (χ1n) is 11.3. The van der Waals surface area contributed by atoms with Gasteiger partial charge in [-0.1, -0.05) is 39.0 Å². The van der Waals surface area contributed by atoms with E-state index in [1.807, 2.05) is 0 Å². The maximum Gasteiger partial charge on any atom is 0.344 e. The number of aromatic amines is 1. The van der Waals surface area contributed by atoms with E-state index in [-0.39, 0.29) is 29.5 Å². The van der Waals surface area contributed by atoms with Gasteiger partial charge in [0.1, 0.15) is 11.0 Å². The highest BCUT2D eigenvalue weighted by Crippen LogP contribution is 2.54. The van der Waals surface area contributed by atoms with Gasteiger partial charge in [0, 0.05) is 33.0 Å². The van der Waals surface area contributed by atoms with Crippen molar-refractivity contribution in [3.63, 3.8) is 0 Å². The lowest BCUT2D eigenvalue weighted by Gasteiger charge is -2.31. The molecular formula is C24H18BrN3O8S2. The molecule has 196 valence electrons. The van der Waals surface area contributed by atoms with E-state index in [1.165, 1.54) is 24.3 Å². The first-order valence-corrected chi connectivity index (χ1v) is 13.8. The van der Waals surface area contributed by atoms with E-state index >= 15 is 0 Å². The summed E-state index contributed by atoms with van der Waals surface area (Å²) in [5.74, 6) is -2.91. The molecule has 0 aliphatic carbocycles. The van der Waals surface area contributed by atoms with Gasteiger partial charge in [0.2, 0.25) is 11.8 Å². The van der Waals surface area contributed by atoms with Gasteiger partial charge >= 0.3 is 10.8 Å². The van der Waals surface area contributed by atoms with Gasteiger partial charge in [-0.05, 0) is 37.3 Å². The van der Waals surface area contributed by atoms with E-state index in [9.17, 15) is 29.3 Å². The number of fused-ring (bicyclic) bond motifs is 2. The molecule has 1 aromatic heterocycles. The van der Waals surface area contributed by atoms with Crippen LogP contribution in [0.4, 0.5) is 11.4 Å². The maximum absolute atomic E-state index is 13.9. The molecule has 11 nitrogen and oxygen atoms in total. The van der Waals surface area contributed by atoms with Crippen molar-refractivity contribution < 1.29 is 28.8 Å². The lowest BCUT2D eigenvalue weighted by Crippen LogP contribution is -2.32. The molecule has 0 spiro atoms. The standard InChI is InChI=1S/C24H18BrN3O8S2/c1-2-35-16(29)10-36-15-8-3-11(25)9-14(15)17-18-20(37-21-19(17)38-24(32)26-21)23(31)27(22(18)30)12-4-6-13(7-5-12)28(33)34/h3-9,17-18,20H,2,10H2,1H3,(H,26,32)/t17-,18?,20?/m1/s1. The van der Waals surface area contributed by atoms with Crippen LogP contribution in [0.3, 0.4) is 0 Å². The molecule has 0 bridgehead atoms. The van der Waals surface area contributed by atoms with Crippen LogP contribution in [-0.2, 0) is 19.1 Å². The van der Waals surface area contributed by atoms with Crippen LogP contribution in [0, 0.1) is 16.0 Å². The summed E-state index contributed by atoms with van der Waals surface area (Å²) < 4.78 is 11.4. The Bertz CT molecular complexity index is 1520. The van der Waals surface area contributed by atoms with Gasteiger partial charge in [-0.25, -0.2) is 9.69 Å². The first kappa shape index (κ1) is 26.1. The number of carbonyl (C=O) groups is 3. The van der Waals surface area contributed by atoms with Crippen LogP contribution in [0.1, 0.15) is 23.3 Å². The Morgan fingerprint density at radius 2 is 1.89 bits per heavy atom. The Hall–Kier alpha value is -3.49. The predicted octanol–water partition coefficient (Wildman–Crippen LogP) is 3.84. The number of H-pyrrole nitrogens is 1. The first-order chi connectivity index (χ1) is 18.2. The van der Waals surface area contributed by atoms with E-state index in [1.54, 1.807) is 25.1 Å². The second kappa shape index (κ2) is 10.3. The zero-order valence-electron chi connectivity index (χ0n) is 19.5. The highest BCUT2D eigenvalue weighted by Gasteiger charge is 2.57. The highest BCUT2D eigenvalue weighted by molar-refractivity contribution is 9.10. The van der Waals surface area contributed by atoms with Crippen molar-refractivity contribution in [2.75, 3.05) is 18.1 Å². The molecule has 14 heteroatoms. The summed E-state index contributed by atoms with van der Waals surface area (Å²) in [6.45, 7) is 1.50. The number of anilines is 1. The van der Waals surface area contributed by atoms with Gasteiger partial charge in [0.05, 0.1) is 28.2 Å². The number of carbonyl (C=O) groups excluding carboxylic acids is 3. The van der Waals surface area contributed by atoms with Gasteiger partial charge in [0.15, 0.2) is 6.61 Å². The molecule has 2 aromatic carbocycles. The number of esters is 1.